The van der Waals surface area contributed by atoms with Gasteiger partial charge in [0.05, 0.1) is 0 Å². The Kier molecular flexibility index (Phi) is 3.70. The molecule has 0 bridgehead atoms. The largest absolute Gasteiger partial charge is 0.396 e. The molecule has 2 N–H and O–H groups in total. The number of aryl methyl sites for hydroxylation is 1. The Labute approximate surface area is 128 Å². The van der Waals surface area contributed by atoms with Crippen LogP contribution >= 0.6 is 11.6 Å². The van der Waals surface area contributed by atoms with Crippen LogP contribution in [-0.2, 0) is 0 Å². The average molecular weight is 301 g/mol. The Balaban J connectivity index is 2.22. The van der Waals surface area contributed by atoms with E-state index in [2.05, 4.69) is 35.1 Å². The van der Waals surface area contributed by atoms with E-state index in [0.717, 1.165) is 22.3 Å². The number of aliphatic hydroxyl groups is 1. The minimum absolute atomic E-state index is 0.0114. The lowest BCUT2D eigenvalue weighted by atomic mass is 9.96. The van der Waals surface area contributed by atoms with Gasteiger partial charge in [0, 0.05) is 40.9 Å². The summed E-state index contributed by atoms with van der Waals surface area (Å²) < 4.78 is 0. The molecule has 2 heterocycles. The highest BCUT2D eigenvalue weighted by atomic mass is 35.5. The molecule has 3 aromatic rings. The number of fused-ring (bicyclic) bond motifs is 1. The fourth-order valence-electron chi connectivity index (χ4n) is 2.62. The van der Waals surface area contributed by atoms with Crippen LogP contribution in [0.3, 0.4) is 0 Å². The van der Waals surface area contributed by atoms with Gasteiger partial charge in [-0.25, -0.2) is 4.98 Å². The number of hydrogen-bond donors (Lipinski definition) is 2. The lowest BCUT2D eigenvalue weighted by molar-refractivity contribution is 0.273. The number of rotatable bonds is 3. The lowest BCUT2D eigenvalue weighted by Gasteiger charge is -2.13. The van der Waals surface area contributed by atoms with Crippen LogP contribution < -0.4 is 0 Å². The second-order valence-corrected chi connectivity index (χ2v) is 5.78. The Morgan fingerprint density at radius 2 is 2.14 bits per heavy atom. The summed E-state index contributed by atoms with van der Waals surface area (Å²) in [5.74, 6) is 0.0114. The quantitative estimate of drug-likeness (QED) is 0.709. The van der Waals surface area contributed by atoms with Crippen molar-refractivity contribution < 1.29 is 5.11 Å². The highest BCUT2D eigenvalue weighted by Crippen LogP contribution is 2.32. The molecule has 1 unspecified atom stereocenters. The predicted octanol–water partition coefficient (Wildman–Crippen LogP) is 4.29. The molecular formula is C17H17ClN2O. The number of halogens is 1. The van der Waals surface area contributed by atoms with Crippen LogP contribution in [0.15, 0.2) is 36.5 Å². The first-order chi connectivity index (χ1) is 10.1. The van der Waals surface area contributed by atoms with Gasteiger partial charge >= 0.3 is 0 Å². The van der Waals surface area contributed by atoms with Gasteiger partial charge in [-0.3, -0.25) is 0 Å². The van der Waals surface area contributed by atoms with Crippen LogP contribution in [-0.4, -0.2) is 21.7 Å². The summed E-state index contributed by atoms with van der Waals surface area (Å²) in [6, 6.07) is 10.2. The molecule has 0 amide bonds. The third kappa shape index (κ3) is 2.55. The van der Waals surface area contributed by atoms with Gasteiger partial charge in [-0.1, -0.05) is 30.7 Å². The van der Waals surface area contributed by atoms with Crippen molar-refractivity contribution in [3.05, 3.63) is 52.8 Å². The van der Waals surface area contributed by atoms with Gasteiger partial charge in [0.1, 0.15) is 5.15 Å². The van der Waals surface area contributed by atoms with Crippen molar-refractivity contribution in [1.82, 2.24) is 9.97 Å². The SMILES string of the molecule is Cc1cccc2[nH]c(-c3cc(Cl)ncc3C(C)CO)cc12. The first-order valence-corrected chi connectivity index (χ1v) is 7.33. The normalized spacial score (nSPS) is 12.8. The molecule has 0 saturated heterocycles. The molecule has 0 fully saturated rings. The highest BCUT2D eigenvalue weighted by molar-refractivity contribution is 6.29. The highest BCUT2D eigenvalue weighted by Gasteiger charge is 2.15. The van der Waals surface area contributed by atoms with E-state index < -0.39 is 0 Å². The first-order valence-electron chi connectivity index (χ1n) is 6.95. The molecule has 1 aromatic carbocycles. The summed E-state index contributed by atoms with van der Waals surface area (Å²) in [7, 11) is 0. The number of aromatic nitrogens is 2. The van der Waals surface area contributed by atoms with Crippen LogP contribution in [0.5, 0.6) is 0 Å². The van der Waals surface area contributed by atoms with Crippen molar-refractivity contribution in [2.45, 2.75) is 19.8 Å². The summed E-state index contributed by atoms with van der Waals surface area (Å²) in [6.07, 6.45) is 1.75. The molecule has 4 heteroatoms. The van der Waals surface area contributed by atoms with Crippen molar-refractivity contribution in [1.29, 1.82) is 0 Å². The molecule has 0 aliphatic heterocycles. The van der Waals surface area contributed by atoms with Gasteiger partial charge in [-0.15, -0.1) is 0 Å². The number of aliphatic hydroxyl groups excluding tert-OH is 1. The zero-order chi connectivity index (χ0) is 15.0. The minimum atomic E-state index is 0.0114. The Morgan fingerprint density at radius 1 is 1.33 bits per heavy atom. The van der Waals surface area contributed by atoms with Crippen LogP contribution in [0, 0.1) is 6.92 Å². The molecule has 1 atom stereocenters. The number of hydrogen-bond acceptors (Lipinski definition) is 2. The van der Waals surface area contributed by atoms with Gasteiger partial charge in [0.2, 0.25) is 0 Å². The molecule has 0 radical (unpaired) electrons. The van der Waals surface area contributed by atoms with E-state index in [0.29, 0.717) is 5.15 Å². The van der Waals surface area contributed by atoms with E-state index in [1.54, 1.807) is 6.20 Å². The molecule has 3 nitrogen and oxygen atoms in total. The summed E-state index contributed by atoms with van der Waals surface area (Å²) in [5, 5.41) is 11.1. The number of nitrogens with zero attached hydrogens (tertiary/aromatic N) is 1. The molecule has 21 heavy (non-hydrogen) atoms. The Morgan fingerprint density at radius 3 is 2.86 bits per heavy atom. The van der Waals surface area contributed by atoms with Crippen molar-refractivity contribution in [2.24, 2.45) is 0 Å². The average Bonchev–Trinajstić information content (AvgIpc) is 2.92. The monoisotopic (exact) mass is 300 g/mol. The van der Waals surface area contributed by atoms with Crippen molar-refractivity contribution in [3.8, 4) is 11.3 Å². The van der Waals surface area contributed by atoms with Gasteiger partial charge in [-0.05, 0) is 36.2 Å². The van der Waals surface area contributed by atoms with E-state index >= 15 is 0 Å². The summed E-state index contributed by atoms with van der Waals surface area (Å²) >= 11 is 6.06. The lowest BCUT2D eigenvalue weighted by Crippen LogP contribution is -2.02. The zero-order valence-corrected chi connectivity index (χ0v) is 12.8. The Bertz CT molecular complexity index is 795. The maximum atomic E-state index is 9.44. The summed E-state index contributed by atoms with van der Waals surface area (Å²) in [5.41, 5.74) is 5.31. The topological polar surface area (TPSA) is 48.9 Å². The van der Waals surface area contributed by atoms with Gasteiger partial charge in [-0.2, -0.15) is 0 Å². The third-order valence-electron chi connectivity index (χ3n) is 3.88. The maximum absolute atomic E-state index is 9.44. The fourth-order valence-corrected chi connectivity index (χ4v) is 2.77. The maximum Gasteiger partial charge on any atom is 0.129 e. The number of aromatic amines is 1. The van der Waals surface area contributed by atoms with E-state index in [1.165, 1.54) is 10.9 Å². The minimum Gasteiger partial charge on any atom is -0.396 e. The number of nitrogens with one attached hydrogen (secondary N) is 1. The van der Waals surface area contributed by atoms with E-state index in [-0.39, 0.29) is 12.5 Å². The molecule has 0 aliphatic carbocycles. The zero-order valence-electron chi connectivity index (χ0n) is 12.0. The summed E-state index contributed by atoms with van der Waals surface area (Å²) in [6.45, 7) is 4.15. The molecule has 2 aromatic heterocycles. The molecule has 3 rings (SSSR count). The van der Waals surface area contributed by atoms with Gasteiger partial charge in [0.15, 0.2) is 0 Å². The van der Waals surface area contributed by atoms with E-state index in [9.17, 15) is 5.11 Å². The van der Waals surface area contributed by atoms with Crippen LogP contribution in [0.2, 0.25) is 5.15 Å². The van der Waals surface area contributed by atoms with Gasteiger partial charge < -0.3 is 10.1 Å². The van der Waals surface area contributed by atoms with Crippen molar-refractivity contribution >= 4 is 22.5 Å². The van der Waals surface area contributed by atoms with E-state index in [1.807, 2.05) is 19.1 Å². The van der Waals surface area contributed by atoms with Crippen LogP contribution in [0.25, 0.3) is 22.2 Å². The molecule has 0 saturated carbocycles. The second kappa shape index (κ2) is 5.51. The van der Waals surface area contributed by atoms with Crippen molar-refractivity contribution in [2.75, 3.05) is 6.61 Å². The standard InChI is InChI=1S/C17H17ClN2O/c1-10-4-3-5-15-12(10)6-16(20-15)13-7-17(18)19-8-14(13)11(2)9-21/h3-8,11,20-21H,9H2,1-2H3. The van der Waals surface area contributed by atoms with Crippen LogP contribution in [0.4, 0.5) is 0 Å². The molecule has 0 spiro atoms. The summed E-state index contributed by atoms with van der Waals surface area (Å²) in [4.78, 5) is 7.58. The number of benzene rings is 1. The van der Waals surface area contributed by atoms with Crippen molar-refractivity contribution in [3.63, 3.8) is 0 Å². The molecule has 0 aliphatic rings. The number of H-pyrrole nitrogens is 1. The second-order valence-electron chi connectivity index (χ2n) is 5.40. The molecular weight excluding hydrogens is 284 g/mol. The smallest absolute Gasteiger partial charge is 0.129 e. The fraction of sp³-hybridized carbons (Fsp3) is 0.235. The first kappa shape index (κ1) is 14.1. The Hall–Kier alpha value is -1.84. The number of pyridine rings is 1. The molecule has 108 valence electrons. The van der Waals surface area contributed by atoms with Crippen LogP contribution in [0.1, 0.15) is 24.0 Å². The van der Waals surface area contributed by atoms with Gasteiger partial charge in [0.25, 0.3) is 0 Å². The van der Waals surface area contributed by atoms with E-state index in [4.69, 9.17) is 11.6 Å². The third-order valence-corrected chi connectivity index (χ3v) is 4.09. The predicted molar refractivity (Wildman–Crippen MR) is 86.8 cm³/mol.